The summed E-state index contributed by atoms with van der Waals surface area (Å²) in [7, 11) is 0. The van der Waals surface area contributed by atoms with E-state index in [9.17, 15) is 5.11 Å². The molecule has 1 heteroatoms. The van der Waals surface area contributed by atoms with Crippen molar-refractivity contribution in [2.75, 3.05) is 0 Å². The van der Waals surface area contributed by atoms with Crippen LogP contribution in [0.5, 0.6) is 5.75 Å². The van der Waals surface area contributed by atoms with Crippen LogP contribution < -0.4 is 0 Å². The third kappa shape index (κ3) is 2.94. The van der Waals surface area contributed by atoms with Crippen molar-refractivity contribution in [3.05, 3.63) is 41.5 Å². The Hall–Kier alpha value is -1.24. The summed E-state index contributed by atoms with van der Waals surface area (Å²) in [5.74, 6) is 0.403. The maximum absolute atomic E-state index is 9.56. The summed E-state index contributed by atoms with van der Waals surface area (Å²) in [6.07, 6.45) is 6.07. The molecule has 1 rings (SSSR count). The highest BCUT2D eigenvalue weighted by atomic mass is 16.3. The van der Waals surface area contributed by atoms with Crippen molar-refractivity contribution in [3.63, 3.8) is 0 Å². The van der Waals surface area contributed by atoms with Gasteiger partial charge in [-0.1, -0.05) is 31.2 Å². The van der Waals surface area contributed by atoms with Crippen molar-refractivity contribution >= 4 is 0 Å². The predicted octanol–water partition coefficient (Wildman–Crippen LogP) is 3.21. The molecule has 1 aromatic carbocycles. The van der Waals surface area contributed by atoms with Crippen LogP contribution in [0.25, 0.3) is 0 Å². The zero-order valence-electron chi connectivity index (χ0n) is 8.25. The maximum atomic E-state index is 9.56. The molecule has 1 N–H and O–H groups in total. The van der Waals surface area contributed by atoms with Gasteiger partial charge in [0.25, 0.3) is 0 Å². The lowest BCUT2D eigenvalue weighted by molar-refractivity contribution is 0.469. The molecule has 1 aromatic rings. The molecule has 0 bridgehead atoms. The highest BCUT2D eigenvalue weighted by molar-refractivity contribution is 5.36. The zero-order chi connectivity index (χ0) is 9.68. The molecule has 0 atom stereocenters. The lowest BCUT2D eigenvalue weighted by Crippen LogP contribution is -1.83. The first-order valence-corrected chi connectivity index (χ1v) is 4.67. The molecule has 0 heterocycles. The van der Waals surface area contributed by atoms with Crippen molar-refractivity contribution in [1.29, 1.82) is 0 Å². The summed E-state index contributed by atoms with van der Waals surface area (Å²) < 4.78 is 0. The second kappa shape index (κ2) is 4.70. The second-order valence-electron chi connectivity index (χ2n) is 3.22. The topological polar surface area (TPSA) is 20.2 Å². The summed E-state index contributed by atoms with van der Waals surface area (Å²) in [5.41, 5.74) is 2.09. The Labute approximate surface area is 79.7 Å². The van der Waals surface area contributed by atoms with Crippen LogP contribution in [0.4, 0.5) is 0 Å². The molecule has 0 amide bonds. The molecule has 0 aromatic heterocycles. The molecule has 70 valence electrons. The fourth-order valence-electron chi connectivity index (χ4n) is 1.22. The molecule has 0 aliphatic carbocycles. The molecule has 0 saturated heterocycles. The third-order valence-electron chi connectivity index (χ3n) is 1.98. The van der Waals surface area contributed by atoms with Crippen LogP contribution >= 0.6 is 0 Å². The molecule has 0 aliphatic rings. The fraction of sp³-hybridized carbons (Fsp3) is 0.333. The minimum Gasteiger partial charge on any atom is -0.508 e. The Bertz CT molecular complexity index is 300. The number of rotatable bonds is 3. The lowest BCUT2D eigenvalue weighted by atomic mass is 10.1. The normalized spacial score (nSPS) is 10.9. The highest BCUT2D eigenvalue weighted by Crippen LogP contribution is 2.18. The Morgan fingerprint density at radius 1 is 1.31 bits per heavy atom. The van der Waals surface area contributed by atoms with E-state index in [0.29, 0.717) is 5.75 Å². The number of phenolic OH excluding ortho intramolecular Hbond substituents is 1. The van der Waals surface area contributed by atoms with Gasteiger partial charge < -0.3 is 5.11 Å². The smallest absolute Gasteiger partial charge is 0.119 e. The van der Waals surface area contributed by atoms with E-state index in [4.69, 9.17) is 0 Å². The summed E-state index contributed by atoms with van der Waals surface area (Å²) in [6.45, 7) is 4.08. The van der Waals surface area contributed by atoms with E-state index in [0.717, 1.165) is 24.0 Å². The number of hydrogen-bond acceptors (Lipinski definition) is 1. The van der Waals surface area contributed by atoms with Gasteiger partial charge in [0.2, 0.25) is 0 Å². The van der Waals surface area contributed by atoms with Crippen molar-refractivity contribution in [3.8, 4) is 5.75 Å². The van der Waals surface area contributed by atoms with E-state index in [1.165, 1.54) is 0 Å². The SMILES string of the molecule is CCC=CCc1ccc(C)cc1O. The molecule has 1 nitrogen and oxygen atoms in total. The van der Waals surface area contributed by atoms with Gasteiger partial charge in [-0.3, -0.25) is 0 Å². The van der Waals surface area contributed by atoms with Crippen molar-refractivity contribution in [2.24, 2.45) is 0 Å². The van der Waals surface area contributed by atoms with Gasteiger partial charge in [-0.2, -0.15) is 0 Å². The minimum atomic E-state index is 0.403. The van der Waals surface area contributed by atoms with E-state index in [2.05, 4.69) is 19.1 Å². The van der Waals surface area contributed by atoms with Gasteiger partial charge in [0.15, 0.2) is 0 Å². The Morgan fingerprint density at radius 3 is 2.69 bits per heavy atom. The largest absolute Gasteiger partial charge is 0.508 e. The Morgan fingerprint density at radius 2 is 2.08 bits per heavy atom. The predicted molar refractivity (Wildman–Crippen MR) is 56.0 cm³/mol. The summed E-state index contributed by atoms with van der Waals surface area (Å²) in [5, 5.41) is 9.56. The molecule has 0 radical (unpaired) electrons. The Kier molecular flexibility index (Phi) is 3.56. The zero-order valence-corrected chi connectivity index (χ0v) is 8.25. The van der Waals surface area contributed by atoms with Gasteiger partial charge in [-0.05, 0) is 37.0 Å². The number of aryl methyl sites for hydroxylation is 1. The maximum Gasteiger partial charge on any atom is 0.119 e. The van der Waals surface area contributed by atoms with Gasteiger partial charge in [0.1, 0.15) is 5.75 Å². The first-order valence-electron chi connectivity index (χ1n) is 4.67. The number of hydrogen-bond donors (Lipinski definition) is 1. The van der Waals surface area contributed by atoms with Gasteiger partial charge in [0.05, 0.1) is 0 Å². The summed E-state index contributed by atoms with van der Waals surface area (Å²) in [4.78, 5) is 0. The van der Waals surface area contributed by atoms with Crippen molar-refractivity contribution in [1.82, 2.24) is 0 Å². The molecular weight excluding hydrogens is 160 g/mol. The first kappa shape index (κ1) is 9.85. The quantitative estimate of drug-likeness (QED) is 0.701. The molecule has 0 unspecified atom stereocenters. The van der Waals surface area contributed by atoms with Crippen LogP contribution in [-0.2, 0) is 6.42 Å². The number of allylic oxidation sites excluding steroid dienone is 2. The van der Waals surface area contributed by atoms with Crippen LogP contribution in [0, 0.1) is 6.92 Å². The molecule has 13 heavy (non-hydrogen) atoms. The lowest BCUT2D eigenvalue weighted by Gasteiger charge is -2.01. The van der Waals surface area contributed by atoms with E-state index in [1.54, 1.807) is 6.07 Å². The summed E-state index contributed by atoms with van der Waals surface area (Å²) in [6, 6.07) is 5.80. The van der Waals surface area contributed by atoms with Gasteiger partial charge >= 0.3 is 0 Å². The minimum absolute atomic E-state index is 0.403. The van der Waals surface area contributed by atoms with E-state index in [1.807, 2.05) is 19.1 Å². The molecule has 0 spiro atoms. The van der Waals surface area contributed by atoms with Crippen LogP contribution in [0.1, 0.15) is 24.5 Å². The van der Waals surface area contributed by atoms with Crippen LogP contribution in [0.3, 0.4) is 0 Å². The molecule has 0 saturated carbocycles. The van der Waals surface area contributed by atoms with Crippen molar-refractivity contribution in [2.45, 2.75) is 26.7 Å². The van der Waals surface area contributed by atoms with E-state index < -0.39 is 0 Å². The van der Waals surface area contributed by atoms with E-state index in [-0.39, 0.29) is 0 Å². The summed E-state index contributed by atoms with van der Waals surface area (Å²) >= 11 is 0. The number of aromatic hydroxyl groups is 1. The fourth-order valence-corrected chi connectivity index (χ4v) is 1.22. The van der Waals surface area contributed by atoms with Gasteiger partial charge in [-0.15, -0.1) is 0 Å². The average molecular weight is 176 g/mol. The van der Waals surface area contributed by atoms with E-state index >= 15 is 0 Å². The van der Waals surface area contributed by atoms with Gasteiger partial charge in [0, 0.05) is 0 Å². The van der Waals surface area contributed by atoms with Crippen LogP contribution in [0.2, 0.25) is 0 Å². The number of phenols is 1. The highest BCUT2D eigenvalue weighted by Gasteiger charge is 1.97. The van der Waals surface area contributed by atoms with Crippen LogP contribution in [0.15, 0.2) is 30.4 Å². The van der Waals surface area contributed by atoms with Gasteiger partial charge in [-0.25, -0.2) is 0 Å². The number of benzene rings is 1. The average Bonchev–Trinajstić information content (AvgIpc) is 2.09. The monoisotopic (exact) mass is 176 g/mol. The molecule has 0 aliphatic heterocycles. The second-order valence-corrected chi connectivity index (χ2v) is 3.22. The van der Waals surface area contributed by atoms with Crippen molar-refractivity contribution < 1.29 is 5.11 Å². The standard InChI is InChI=1S/C12H16O/c1-3-4-5-6-11-8-7-10(2)9-12(11)13/h4-5,7-9,13H,3,6H2,1-2H3. The molecule has 0 fully saturated rings. The Balaban J connectivity index is 2.72. The molecular formula is C12H16O. The van der Waals surface area contributed by atoms with Crippen LogP contribution in [-0.4, -0.2) is 5.11 Å². The first-order chi connectivity index (χ1) is 6.24. The third-order valence-corrected chi connectivity index (χ3v) is 1.98.